The van der Waals surface area contributed by atoms with Gasteiger partial charge in [-0.1, -0.05) is 39.7 Å². The van der Waals surface area contributed by atoms with Crippen molar-refractivity contribution in [3.63, 3.8) is 0 Å². The minimum atomic E-state index is 0.264. The van der Waals surface area contributed by atoms with E-state index in [1.165, 1.54) is 24.8 Å². The first-order chi connectivity index (χ1) is 8.79. The normalized spacial score (nSPS) is 16.7. The zero-order valence-electron chi connectivity index (χ0n) is 10.7. The molecule has 0 radical (unpaired) electrons. The van der Waals surface area contributed by atoms with Crippen molar-refractivity contribution in [2.45, 2.75) is 31.7 Å². The van der Waals surface area contributed by atoms with Crippen LogP contribution in [0.2, 0.25) is 0 Å². The average Bonchev–Trinajstić information content (AvgIpc) is 2.89. The third-order valence-corrected chi connectivity index (χ3v) is 4.01. The smallest absolute Gasteiger partial charge is 0.0444 e. The summed E-state index contributed by atoms with van der Waals surface area (Å²) in [6, 6.07) is 8.66. The Labute approximate surface area is 118 Å². The summed E-state index contributed by atoms with van der Waals surface area (Å²) >= 11 is 3.45. The Bertz CT molecular complexity index is 397. The number of allylic oxidation sites excluding steroid dienone is 1. The summed E-state index contributed by atoms with van der Waals surface area (Å²) in [5.41, 5.74) is 8.72. The first kappa shape index (κ1) is 13.8. The summed E-state index contributed by atoms with van der Waals surface area (Å²) in [4.78, 5) is 0. The van der Waals surface area contributed by atoms with Gasteiger partial charge in [0.2, 0.25) is 0 Å². The SMILES string of the molecule is NCC(NCCC1=CCCC1)c1ccc(Br)cc1. The van der Waals surface area contributed by atoms with Crippen molar-refractivity contribution >= 4 is 15.9 Å². The molecule has 1 unspecified atom stereocenters. The Morgan fingerprint density at radius 2 is 2.06 bits per heavy atom. The average molecular weight is 309 g/mol. The zero-order valence-corrected chi connectivity index (χ0v) is 12.2. The minimum Gasteiger partial charge on any atom is -0.329 e. The molecule has 1 atom stereocenters. The van der Waals surface area contributed by atoms with Gasteiger partial charge in [0, 0.05) is 17.1 Å². The van der Waals surface area contributed by atoms with Crippen molar-refractivity contribution in [3.8, 4) is 0 Å². The maximum absolute atomic E-state index is 5.85. The summed E-state index contributed by atoms with van der Waals surface area (Å²) in [6.45, 7) is 1.66. The van der Waals surface area contributed by atoms with Gasteiger partial charge in [0.1, 0.15) is 0 Å². The summed E-state index contributed by atoms with van der Waals surface area (Å²) in [5.74, 6) is 0. The molecular weight excluding hydrogens is 288 g/mol. The molecular formula is C15H21BrN2. The number of rotatable bonds is 6. The molecule has 0 aromatic heterocycles. The van der Waals surface area contributed by atoms with Crippen molar-refractivity contribution in [1.82, 2.24) is 5.32 Å². The number of nitrogens with one attached hydrogen (secondary N) is 1. The molecule has 0 amide bonds. The minimum absolute atomic E-state index is 0.264. The fourth-order valence-corrected chi connectivity index (χ4v) is 2.67. The molecule has 0 spiro atoms. The Kier molecular flexibility index (Phi) is 5.42. The van der Waals surface area contributed by atoms with E-state index in [0.717, 1.165) is 17.4 Å². The molecule has 1 aliphatic rings. The molecule has 0 saturated heterocycles. The summed E-state index contributed by atoms with van der Waals surface area (Å²) in [6.07, 6.45) is 7.43. The van der Waals surface area contributed by atoms with Gasteiger partial charge in [-0.05, 0) is 49.9 Å². The van der Waals surface area contributed by atoms with E-state index in [2.05, 4.69) is 51.6 Å². The van der Waals surface area contributed by atoms with Gasteiger partial charge < -0.3 is 11.1 Å². The third-order valence-electron chi connectivity index (χ3n) is 3.48. The fourth-order valence-electron chi connectivity index (χ4n) is 2.40. The second-order valence-corrected chi connectivity index (χ2v) is 5.71. The van der Waals surface area contributed by atoms with E-state index in [0.29, 0.717) is 6.54 Å². The van der Waals surface area contributed by atoms with Crippen molar-refractivity contribution < 1.29 is 0 Å². The van der Waals surface area contributed by atoms with Gasteiger partial charge in [-0.2, -0.15) is 0 Å². The Hall–Kier alpha value is -0.640. The van der Waals surface area contributed by atoms with E-state index >= 15 is 0 Å². The van der Waals surface area contributed by atoms with Crippen LogP contribution in [-0.4, -0.2) is 13.1 Å². The van der Waals surface area contributed by atoms with Gasteiger partial charge in [-0.25, -0.2) is 0 Å². The quantitative estimate of drug-likeness (QED) is 0.789. The van der Waals surface area contributed by atoms with Crippen LogP contribution in [0.5, 0.6) is 0 Å². The molecule has 2 nitrogen and oxygen atoms in total. The largest absolute Gasteiger partial charge is 0.329 e. The van der Waals surface area contributed by atoms with Crippen LogP contribution in [-0.2, 0) is 0 Å². The monoisotopic (exact) mass is 308 g/mol. The maximum atomic E-state index is 5.85. The van der Waals surface area contributed by atoms with Crippen LogP contribution < -0.4 is 11.1 Å². The van der Waals surface area contributed by atoms with E-state index in [-0.39, 0.29) is 6.04 Å². The van der Waals surface area contributed by atoms with Gasteiger partial charge >= 0.3 is 0 Å². The molecule has 0 aliphatic heterocycles. The molecule has 0 saturated carbocycles. The van der Waals surface area contributed by atoms with Gasteiger partial charge in [-0.15, -0.1) is 0 Å². The molecule has 0 fully saturated rings. The molecule has 2 rings (SSSR count). The Morgan fingerprint density at radius 3 is 2.67 bits per heavy atom. The van der Waals surface area contributed by atoms with Crippen LogP contribution in [0.25, 0.3) is 0 Å². The van der Waals surface area contributed by atoms with Crippen LogP contribution in [0.3, 0.4) is 0 Å². The lowest BCUT2D eigenvalue weighted by atomic mass is 10.1. The second kappa shape index (κ2) is 7.07. The number of hydrogen-bond acceptors (Lipinski definition) is 2. The second-order valence-electron chi connectivity index (χ2n) is 4.80. The van der Waals surface area contributed by atoms with Crippen LogP contribution in [0.15, 0.2) is 40.4 Å². The van der Waals surface area contributed by atoms with Crippen LogP contribution in [0.4, 0.5) is 0 Å². The first-order valence-corrected chi connectivity index (χ1v) is 7.45. The van der Waals surface area contributed by atoms with E-state index < -0.39 is 0 Å². The van der Waals surface area contributed by atoms with Crippen LogP contribution in [0, 0.1) is 0 Å². The van der Waals surface area contributed by atoms with Crippen LogP contribution in [0.1, 0.15) is 37.3 Å². The lowest BCUT2D eigenvalue weighted by Crippen LogP contribution is -2.29. The van der Waals surface area contributed by atoms with E-state index in [9.17, 15) is 0 Å². The molecule has 1 aromatic carbocycles. The maximum Gasteiger partial charge on any atom is 0.0444 e. The summed E-state index contributed by atoms with van der Waals surface area (Å²) < 4.78 is 1.11. The van der Waals surface area contributed by atoms with Gasteiger partial charge in [0.05, 0.1) is 0 Å². The highest BCUT2D eigenvalue weighted by Gasteiger charge is 2.09. The first-order valence-electron chi connectivity index (χ1n) is 6.66. The number of benzene rings is 1. The third kappa shape index (κ3) is 3.94. The highest BCUT2D eigenvalue weighted by Crippen LogP contribution is 2.21. The van der Waals surface area contributed by atoms with Crippen molar-refractivity contribution in [3.05, 3.63) is 46.0 Å². The van der Waals surface area contributed by atoms with Crippen molar-refractivity contribution in [1.29, 1.82) is 0 Å². The highest BCUT2D eigenvalue weighted by atomic mass is 79.9. The van der Waals surface area contributed by atoms with Crippen molar-refractivity contribution in [2.24, 2.45) is 5.73 Å². The zero-order chi connectivity index (χ0) is 12.8. The predicted octanol–water partition coefficient (Wildman–Crippen LogP) is 3.54. The number of nitrogens with two attached hydrogens (primary N) is 1. The van der Waals surface area contributed by atoms with Gasteiger partial charge in [-0.3, -0.25) is 0 Å². The molecule has 0 heterocycles. The molecule has 1 aliphatic carbocycles. The molecule has 18 heavy (non-hydrogen) atoms. The lowest BCUT2D eigenvalue weighted by molar-refractivity contribution is 0.542. The topological polar surface area (TPSA) is 38.0 Å². The van der Waals surface area contributed by atoms with Gasteiger partial charge in [0.25, 0.3) is 0 Å². The van der Waals surface area contributed by atoms with Crippen molar-refractivity contribution in [2.75, 3.05) is 13.1 Å². The molecule has 0 bridgehead atoms. The lowest BCUT2D eigenvalue weighted by Gasteiger charge is -2.17. The summed E-state index contributed by atoms with van der Waals surface area (Å²) in [7, 11) is 0. The van der Waals surface area contributed by atoms with E-state index in [4.69, 9.17) is 5.73 Å². The van der Waals surface area contributed by atoms with Crippen LogP contribution >= 0.6 is 15.9 Å². The van der Waals surface area contributed by atoms with E-state index in [1.807, 2.05) is 0 Å². The highest BCUT2D eigenvalue weighted by molar-refractivity contribution is 9.10. The number of halogens is 1. The molecule has 3 N–H and O–H groups in total. The standard InChI is InChI=1S/C15H21BrN2/c16-14-7-5-13(6-8-14)15(11-17)18-10-9-12-3-1-2-4-12/h3,5-8,15,18H,1-2,4,9-11,17H2. The van der Waals surface area contributed by atoms with Gasteiger partial charge in [0.15, 0.2) is 0 Å². The summed E-state index contributed by atoms with van der Waals surface area (Å²) in [5, 5.41) is 3.55. The number of hydrogen-bond donors (Lipinski definition) is 2. The Morgan fingerprint density at radius 1 is 1.28 bits per heavy atom. The molecule has 98 valence electrons. The fraction of sp³-hybridized carbons (Fsp3) is 0.467. The molecule has 3 heteroatoms. The molecule has 1 aromatic rings. The predicted molar refractivity (Wildman–Crippen MR) is 80.5 cm³/mol. The Balaban J connectivity index is 1.83. The van der Waals surface area contributed by atoms with E-state index in [1.54, 1.807) is 5.57 Å².